The number of likely N-dealkylation sites (tertiary alicyclic amines) is 1. The van der Waals surface area contributed by atoms with Crippen LogP contribution in [0.25, 0.3) is 0 Å². The van der Waals surface area contributed by atoms with Gasteiger partial charge in [-0.25, -0.2) is 9.78 Å². The average Bonchev–Trinajstić information content (AvgIpc) is 3.46. The number of aliphatic hydroxyl groups excluding tert-OH is 1. The quantitative estimate of drug-likeness (QED) is 0.233. The van der Waals surface area contributed by atoms with Crippen LogP contribution in [0.2, 0.25) is 0 Å². The molecule has 1 aliphatic heterocycles. The fourth-order valence-corrected chi connectivity index (χ4v) is 3.79. The Balaban J connectivity index is 2.08. The third-order valence-electron chi connectivity index (χ3n) is 5.99. The predicted molar refractivity (Wildman–Crippen MR) is 118 cm³/mol. The zero-order valence-corrected chi connectivity index (χ0v) is 19.2. The summed E-state index contributed by atoms with van der Waals surface area (Å²) >= 11 is 0. The first-order valence-electron chi connectivity index (χ1n) is 11.1. The van der Waals surface area contributed by atoms with Gasteiger partial charge >= 0.3 is 5.97 Å². The molecule has 1 aromatic rings. The van der Waals surface area contributed by atoms with E-state index in [1.807, 2.05) is 6.92 Å². The van der Waals surface area contributed by atoms with Gasteiger partial charge in [0.15, 0.2) is 0 Å². The van der Waals surface area contributed by atoms with E-state index >= 15 is 0 Å². The van der Waals surface area contributed by atoms with Crippen LogP contribution in [0.15, 0.2) is 12.5 Å². The number of rotatable bonds is 11. The molecule has 184 valence electrons. The molecule has 1 saturated heterocycles. The Morgan fingerprint density at radius 1 is 1.27 bits per heavy atom. The topological polar surface area (TPSA) is 191 Å². The Labute approximate surface area is 192 Å². The number of imidazole rings is 1. The van der Waals surface area contributed by atoms with E-state index in [1.165, 1.54) is 24.3 Å². The molecule has 0 bridgehead atoms. The van der Waals surface area contributed by atoms with E-state index in [0.717, 1.165) is 0 Å². The SMILES string of the molecule is CCC(C)C(NC(=O)C1CCCN1C(=O)C(NC(=O)C(N)Cc1cnc[nH]1)C(C)O)C(=O)O. The number of carbonyl (C=O) groups excluding carboxylic acids is 3. The number of nitrogens with one attached hydrogen (secondary N) is 3. The molecule has 0 aliphatic carbocycles. The molecule has 12 heteroatoms. The number of carboxylic acids is 1. The number of H-pyrrole nitrogens is 1. The summed E-state index contributed by atoms with van der Waals surface area (Å²) in [5, 5.41) is 24.7. The van der Waals surface area contributed by atoms with Crippen LogP contribution in [-0.2, 0) is 25.6 Å². The fourth-order valence-electron chi connectivity index (χ4n) is 3.79. The average molecular weight is 467 g/mol. The van der Waals surface area contributed by atoms with Gasteiger partial charge in [-0.2, -0.15) is 0 Å². The van der Waals surface area contributed by atoms with Crippen molar-refractivity contribution in [2.45, 2.75) is 76.7 Å². The van der Waals surface area contributed by atoms with Crippen molar-refractivity contribution in [2.24, 2.45) is 11.7 Å². The van der Waals surface area contributed by atoms with Crippen LogP contribution in [0.4, 0.5) is 0 Å². The van der Waals surface area contributed by atoms with Gasteiger partial charge < -0.3 is 36.5 Å². The fraction of sp³-hybridized carbons (Fsp3) is 0.667. The van der Waals surface area contributed by atoms with Gasteiger partial charge in [0.25, 0.3) is 0 Å². The van der Waals surface area contributed by atoms with E-state index < -0.39 is 54.0 Å². The zero-order chi connectivity index (χ0) is 24.7. The molecule has 6 unspecified atom stereocenters. The summed E-state index contributed by atoms with van der Waals surface area (Å²) in [5.41, 5.74) is 6.57. The van der Waals surface area contributed by atoms with Crippen molar-refractivity contribution >= 4 is 23.7 Å². The number of carbonyl (C=O) groups is 4. The van der Waals surface area contributed by atoms with Crippen LogP contribution in [0.1, 0.15) is 45.7 Å². The summed E-state index contributed by atoms with van der Waals surface area (Å²) in [6.45, 7) is 5.16. The minimum atomic E-state index is -1.30. The van der Waals surface area contributed by atoms with Crippen LogP contribution in [0.3, 0.4) is 0 Å². The van der Waals surface area contributed by atoms with E-state index in [0.29, 0.717) is 25.0 Å². The number of aliphatic carboxylic acids is 1. The Bertz CT molecular complexity index is 829. The maximum atomic E-state index is 13.2. The molecule has 12 nitrogen and oxygen atoms in total. The van der Waals surface area contributed by atoms with Gasteiger partial charge in [0.1, 0.15) is 18.1 Å². The normalized spacial score (nSPS) is 20.4. The molecular formula is C21H34N6O6. The van der Waals surface area contributed by atoms with Gasteiger partial charge in [0, 0.05) is 24.9 Å². The van der Waals surface area contributed by atoms with E-state index in [1.54, 1.807) is 6.92 Å². The number of hydrogen-bond donors (Lipinski definition) is 6. The first kappa shape index (κ1) is 26.3. The van der Waals surface area contributed by atoms with Crippen molar-refractivity contribution in [1.82, 2.24) is 25.5 Å². The Morgan fingerprint density at radius 2 is 1.97 bits per heavy atom. The van der Waals surface area contributed by atoms with Crippen molar-refractivity contribution in [2.75, 3.05) is 6.54 Å². The zero-order valence-electron chi connectivity index (χ0n) is 19.2. The number of aromatic nitrogens is 2. The van der Waals surface area contributed by atoms with Crippen LogP contribution in [0.5, 0.6) is 0 Å². The molecule has 0 saturated carbocycles. The highest BCUT2D eigenvalue weighted by Gasteiger charge is 2.41. The van der Waals surface area contributed by atoms with Crippen molar-refractivity contribution in [1.29, 1.82) is 0 Å². The third-order valence-corrected chi connectivity index (χ3v) is 5.99. The van der Waals surface area contributed by atoms with Gasteiger partial charge in [0.2, 0.25) is 17.7 Å². The monoisotopic (exact) mass is 466 g/mol. The molecule has 2 rings (SSSR count). The minimum Gasteiger partial charge on any atom is -0.480 e. The van der Waals surface area contributed by atoms with Crippen LogP contribution in [0, 0.1) is 5.92 Å². The van der Waals surface area contributed by atoms with E-state index in [2.05, 4.69) is 20.6 Å². The maximum Gasteiger partial charge on any atom is 0.326 e. The summed E-state index contributed by atoms with van der Waals surface area (Å²) in [6, 6.07) is -4.25. The largest absolute Gasteiger partial charge is 0.480 e. The number of hydrogen-bond acceptors (Lipinski definition) is 7. The molecule has 3 amide bonds. The highest BCUT2D eigenvalue weighted by atomic mass is 16.4. The number of carboxylic acid groups (broad SMARTS) is 1. The lowest BCUT2D eigenvalue weighted by molar-refractivity contribution is -0.146. The first-order valence-corrected chi connectivity index (χ1v) is 11.1. The lowest BCUT2D eigenvalue weighted by Gasteiger charge is -2.31. The highest BCUT2D eigenvalue weighted by Crippen LogP contribution is 2.20. The molecule has 0 spiro atoms. The van der Waals surface area contributed by atoms with Gasteiger partial charge in [0.05, 0.1) is 18.5 Å². The molecule has 1 aromatic heterocycles. The second-order valence-corrected chi connectivity index (χ2v) is 8.51. The van der Waals surface area contributed by atoms with E-state index in [9.17, 15) is 29.4 Å². The predicted octanol–water partition coefficient (Wildman–Crippen LogP) is -1.25. The number of amides is 3. The lowest BCUT2D eigenvalue weighted by atomic mass is 9.98. The Kier molecular flexibility index (Phi) is 9.35. The Hall–Kier alpha value is -2.99. The van der Waals surface area contributed by atoms with Gasteiger partial charge in [-0.3, -0.25) is 14.4 Å². The van der Waals surface area contributed by atoms with Gasteiger partial charge in [-0.15, -0.1) is 0 Å². The maximum absolute atomic E-state index is 13.2. The number of aliphatic hydroxyl groups is 1. The smallest absolute Gasteiger partial charge is 0.326 e. The number of nitrogens with two attached hydrogens (primary N) is 1. The second kappa shape index (κ2) is 11.8. The molecule has 6 atom stereocenters. The van der Waals surface area contributed by atoms with Crippen molar-refractivity contribution in [3.8, 4) is 0 Å². The van der Waals surface area contributed by atoms with Crippen molar-refractivity contribution in [3.63, 3.8) is 0 Å². The summed E-state index contributed by atoms with van der Waals surface area (Å²) < 4.78 is 0. The van der Waals surface area contributed by atoms with Gasteiger partial charge in [-0.1, -0.05) is 20.3 Å². The van der Waals surface area contributed by atoms with Crippen molar-refractivity contribution in [3.05, 3.63) is 18.2 Å². The molecule has 2 heterocycles. The molecule has 7 N–H and O–H groups in total. The molecule has 1 fully saturated rings. The second-order valence-electron chi connectivity index (χ2n) is 8.51. The summed E-state index contributed by atoms with van der Waals surface area (Å²) in [5.74, 6) is -3.26. The highest BCUT2D eigenvalue weighted by molar-refractivity contribution is 5.94. The van der Waals surface area contributed by atoms with Crippen LogP contribution >= 0.6 is 0 Å². The summed E-state index contributed by atoms with van der Waals surface area (Å²) in [7, 11) is 0. The molecule has 1 aliphatic rings. The minimum absolute atomic E-state index is 0.160. The van der Waals surface area contributed by atoms with E-state index in [-0.39, 0.29) is 18.9 Å². The van der Waals surface area contributed by atoms with Gasteiger partial charge in [-0.05, 0) is 25.7 Å². The van der Waals surface area contributed by atoms with Crippen molar-refractivity contribution < 1.29 is 29.4 Å². The Morgan fingerprint density at radius 3 is 2.52 bits per heavy atom. The summed E-state index contributed by atoms with van der Waals surface area (Å²) in [4.78, 5) is 58.1. The molecule has 0 radical (unpaired) electrons. The molecule has 0 aromatic carbocycles. The number of aromatic amines is 1. The molecular weight excluding hydrogens is 432 g/mol. The molecule has 33 heavy (non-hydrogen) atoms. The number of nitrogens with zero attached hydrogens (tertiary/aromatic N) is 2. The van der Waals surface area contributed by atoms with Crippen LogP contribution in [-0.4, -0.2) is 85.6 Å². The van der Waals surface area contributed by atoms with Crippen LogP contribution < -0.4 is 16.4 Å². The van der Waals surface area contributed by atoms with E-state index in [4.69, 9.17) is 5.73 Å². The third kappa shape index (κ3) is 6.75. The first-order chi connectivity index (χ1) is 15.6. The lowest BCUT2D eigenvalue weighted by Crippen LogP contribution is -2.60. The summed E-state index contributed by atoms with van der Waals surface area (Å²) in [6.07, 6.45) is 3.34. The standard InChI is InChI=1S/C21H34N6O6/c1-4-11(2)16(21(32)33)25-19(30)15-6-5-7-27(15)20(31)17(12(3)28)26-18(29)14(22)8-13-9-23-10-24-13/h9-12,14-17,28H,4-8,22H2,1-3H3,(H,23,24)(H,25,30)(H,26,29)(H,32,33).